The van der Waals surface area contributed by atoms with Crippen LogP contribution in [0.25, 0.3) is 0 Å². The van der Waals surface area contributed by atoms with Crippen LogP contribution < -0.4 is 19.7 Å². The van der Waals surface area contributed by atoms with Crippen LogP contribution >= 0.6 is 0 Å². The molecule has 1 aliphatic rings. The summed E-state index contributed by atoms with van der Waals surface area (Å²) in [5, 5.41) is 2.67. The molecule has 1 fully saturated rings. The van der Waals surface area contributed by atoms with Crippen LogP contribution in [-0.2, 0) is 15.0 Å². The summed E-state index contributed by atoms with van der Waals surface area (Å²) in [7, 11) is -1.02. The number of methoxy groups -OCH3 is 1. The molecule has 0 radical (unpaired) electrons. The van der Waals surface area contributed by atoms with Gasteiger partial charge in [0.05, 0.1) is 13.2 Å². The standard InChI is InChI=1S/C30H36N4O5S/c1-22(23-12-6-4-7-13-23)28(29(35)33(2)25-17-19-26(39-3)20-18-25)31-30(36)32-40(37,38)34-21-11-10-16-27(34)24-14-8-5-9-15-24/h4-9,12-15,17-20,22,27-28H,10-11,16,21H2,1-3H3,(H2,31,32,36)/t22-,27?,28+/m1/s1. The third kappa shape index (κ3) is 6.81. The van der Waals surface area contributed by atoms with Crippen LogP contribution in [0.4, 0.5) is 10.5 Å². The van der Waals surface area contributed by atoms with Crippen molar-refractivity contribution in [3.8, 4) is 5.75 Å². The highest BCUT2D eigenvalue weighted by atomic mass is 32.2. The zero-order valence-electron chi connectivity index (χ0n) is 23.0. The zero-order valence-corrected chi connectivity index (χ0v) is 23.8. The van der Waals surface area contributed by atoms with E-state index in [4.69, 9.17) is 4.74 Å². The van der Waals surface area contributed by atoms with E-state index in [-0.39, 0.29) is 6.04 Å². The number of nitrogens with one attached hydrogen (secondary N) is 2. The van der Waals surface area contributed by atoms with Crippen LogP contribution in [0.5, 0.6) is 5.75 Å². The second-order valence-corrected chi connectivity index (χ2v) is 11.5. The van der Waals surface area contributed by atoms with E-state index in [0.29, 0.717) is 30.8 Å². The van der Waals surface area contributed by atoms with E-state index in [1.54, 1.807) is 38.4 Å². The summed E-state index contributed by atoms with van der Waals surface area (Å²) >= 11 is 0. The first-order valence-electron chi connectivity index (χ1n) is 13.3. The Morgan fingerprint density at radius 3 is 2.20 bits per heavy atom. The van der Waals surface area contributed by atoms with Crippen LogP contribution in [0.2, 0.25) is 0 Å². The SMILES string of the molecule is COc1ccc(N(C)C(=O)[C@@H](NC(=O)NS(=O)(=O)N2CCCCC2c2ccccc2)[C@H](C)c2ccccc2)cc1. The molecule has 0 aromatic heterocycles. The predicted octanol–water partition coefficient (Wildman–Crippen LogP) is 4.60. The van der Waals surface area contributed by atoms with Crippen molar-refractivity contribution >= 4 is 27.8 Å². The van der Waals surface area contributed by atoms with Gasteiger partial charge in [0, 0.05) is 25.2 Å². The predicted molar refractivity (Wildman–Crippen MR) is 155 cm³/mol. The summed E-state index contributed by atoms with van der Waals surface area (Å²) in [6.45, 7) is 2.12. The molecule has 0 aliphatic carbocycles. The van der Waals surface area contributed by atoms with Gasteiger partial charge in [0.25, 0.3) is 0 Å². The van der Waals surface area contributed by atoms with Gasteiger partial charge in [0.1, 0.15) is 11.8 Å². The normalized spacial score (nSPS) is 17.3. The van der Waals surface area contributed by atoms with E-state index in [0.717, 1.165) is 17.5 Å². The first-order chi connectivity index (χ1) is 19.2. The van der Waals surface area contributed by atoms with E-state index in [1.165, 1.54) is 9.21 Å². The maximum Gasteiger partial charge on any atom is 0.330 e. The molecule has 3 aromatic carbocycles. The number of piperidine rings is 1. The lowest BCUT2D eigenvalue weighted by molar-refractivity contribution is -0.120. The van der Waals surface area contributed by atoms with Crippen molar-refractivity contribution in [2.75, 3.05) is 25.6 Å². The number of hydrogen-bond acceptors (Lipinski definition) is 5. The van der Waals surface area contributed by atoms with Crippen molar-refractivity contribution in [3.63, 3.8) is 0 Å². The Morgan fingerprint density at radius 1 is 0.950 bits per heavy atom. The third-order valence-electron chi connectivity index (χ3n) is 7.34. The number of ether oxygens (including phenoxy) is 1. The maximum atomic E-state index is 13.7. The number of carbonyl (C=O) groups excluding carboxylic acids is 2. The molecule has 212 valence electrons. The third-order valence-corrected chi connectivity index (χ3v) is 8.83. The monoisotopic (exact) mass is 564 g/mol. The number of likely N-dealkylation sites (N-methyl/N-ethyl adjacent to an activating group) is 1. The molecule has 0 spiro atoms. The van der Waals surface area contributed by atoms with Crippen LogP contribution in [0.3, 0.4) is 0 Å². The highest BCUT2D eigenvalue weighted by Gasteiger charge is 2.36. The molecule has 3 amide bonds. The minimum Gasteiger partial charge on any atom is -0.497 e. The molecule has 4 rings (SSSR count). The molecule has 1 aliphatic heterocycles. The first kappa shape index (κ1) is 29.1. The number of anilines is 1. The smallest absolute Gasteiger partial charge is 0.330 e. The second-order valence-electron chi connectivity index (χ2n) is 9.89. The molecule has 0 saturated carbocycles. The summed E-state index contributed by atoms with van der Waals surface area (Å²) in [6, 6.07) is 23.3. The molecule has 9 nitrogen and oxygen atoms in total. The average molecular weight is 565 g/mol. The highest BCUT2D eigenvalue weighted by molar-refractivity contribution is 7.87. The molecular formula is C30H36N4O5S. The lowest BCUT2D eigenvalue weighted by atomic mass is 9.92. The Kier molecular flexibility index (Phi) is 9.44. The van der Waals surface area contributed by atoms with Crippen LogP contribution in [-0.4, -0.2) is 51.4 Å². The quantitative estimate of drug-likeness (QED) is 0.395. The fourth-order valence-electron chi connectivity index (χ4n) is 5.04. The van der Waals surface area contributed by atoms with Gasteiger partial charge >= 0.3 is 16.2 Å². The van der Waals surface area contributed by atoms with Crippen molar-refractivity contribution in [2.24, 2.45) is 0 Å². The van der Waals surface area contributed by atoms with Gasteiger partial charge in [0.2, 0.25) is 5.91 Å². The molecular weight excluding hydrogens is 528 g/mol. The zero-order chi connectivity index (χ0) is 28.7. The van der Waals surface area contributed by atoms with Crippen LogP contribution in [0.1, 0.15) is 49.3 Å². The van der Waals surface area contributed by atoms with Crippen molar-refractivity contribution in [2.45, 2.75) is 44.2 Å². The number of urea groups is 1. The summed E-state index contributed by atoms with van der Waals surface area (Å²) in [5.74, 6) is -0.197. The lowest BCUT2D eigenvalue weighted by Gasteiger charge is -2.35. The topological polar surface area (TPSA) is 108 Å². The van der Waals surface area contributed by atoms with E-state index < -0.39 is 34.1 Å². The number of nitrogens with zero attached hydrogens (tertiary/aromatic N) is 2. The molecule has 1 saturated heterocycles. The molecule has 40 heavy (non-hydrogen) atoms. The summed E-state index contributed by atoms with van der Waals surface area (Å²) < 4.78 is 35.6. The molecule has 3 aromatic rings. The molecule has 1 unspecified atom stereocenters. The van der Waals surface area contributed by atoms with Crippen molar-refractivity contribution in [3.05, 3.63) is 96.1 Å². The molecule has 2 N–H and O–H groups in total. The number of hydrogen-bond donors (Lipinski definition) is 2. The molecule has 3 atom stereocenters. The molecule has 0 bridgehead atoms. The van der Waals surface area contributed by atoms with Gasteiger partial charge in [0.15, 0.2) is 0 Å². The Bertz CT molecular complexity index is 1380. The van der Waals surface area contributed by atoms with Crippen molar-refractivity contribution in [1.29, 1.82) is 0 Å². The number of benzene rings is 3. The van der Waals surface area contributed by atoms with Gasteiger partial charge in [-0.3, -0.25) is 4.79 Å². The lowest BCUT2D eigenvalue weighted by Crippen LogP contribution is -2.56. The Balaban J connectivity index is 1.55. The van der Waals surface area contributed by atoms with E-state index >= 15 is 0 Å². The number of amides is 3. The van der Waals surface area contributed by atoms with E-state index in [2.05, 4.69) is 10.0 Å². The van der Waals surface area contributed by atoms with E-state index in [9.17, 15) is 18.0 Å². The average Bonchev–Trinajstić information content (AvgIpc) is 2.99. The minimum atomic E-state index is -4.19. The fraction of sp³-hybridized carbons (Fsp3) is 0.333. The van der Waals surface area contributed by atoms with Gasteiger partial charge in [-0.2, -0.15) is 12.7 Å². The largest absolute Gasteiger partial charge is 0.497 e. The van der Waals surface area contributed by atoms with Crippen LogP contribution in [0, 0.1) is 0 Å². The summed E-state index contributed by atoms with van der Waals surface area (Å²) in [6.07, 6.45) is 2.25. The minimum absolute atomic E-state index is 0.297. The molecule has 10 heteroatoms. The van der Waals surface area contributed by atoms with E-state index in [1.807, 2.05) is 67.6 Å². The van der Waals surface area contributed by atoms with Gasteiger partial charge in [-0.25, -0.2) is 9.52 Å². The second kappa shape index (κ2) is 13.0. The Morgan fingerprint density at radius 2 is 1.57 bits per heavy atom. The Hall–Kier alpha value is -3.89. The Labute approximate surface area is 236 Å². The maximum absolute atomic E-state index is 13.7. The number of rotatable bonds is 9. The van der Waals surface area contributed by atoms with Crippen molar-refractivity contribution < 1.29 is 22.7 Å². The van der Waals surface area contributed by atoms with Gasteiger partial charge in [-0.05, 0) is 48.2 Å². The van der Waals surface area contributed by atoms with Gasteiger partial charge < -0.3 is 15.0 Å². The summed E-state index contributed by atoms with van der Waals surface area (Å²) in [5.41, 5.74) is 2.30. The molecule has 1 heterocycles. The van der Waals surface area contributed by atoms with Gasteiger partial charge in [-0.1, -0.05) is 74.0 Å². The fourth-order valence-corrected chi connectivity index (χ4v) is 6.38. The summed E-state index contributed by atoms with van der Waals surface area (Å²) in [4.78, 5) is 28.4. The van der Waals surface area contributed by atoms with Crippen molar-refractivity contribution in [1.82, 2.24) is 14.3 Å². The van der Waals surface area contributed by atoms with Crippen LogP contribution in [0.15, 0.2) is 84.9 Å². The first-order valence-corrected chi connectivity index (χ1v) is 14.8. The van der Waals surface area contributed by atoms with Gasteiger partial charge in [-0.15, -0.1) is 0 Å². The highest BCUT2D eigenvalue weighted by Crippen LogP contribution is 2.32. The number of carbonyl (C=O) groups is 2.